The monoisotopic (exact) mass is 341 g/mol. The molecule has 2 amide bonds. The molecule has 24 heavy (non-hydrogen) atoms. The standard InChI is InChI=1S/C17H31N3O4/c1-3-20(11-16(21)22)15-9-14(10-15)19-17(23)18-12(2)8-13-4-6-24-7-5-13/h12-15H,3-11H2,1-2H3,(H,21,22)(H2,18,19,23). The number of ether oxygens (including phenoxy) is 1. The van der Waals surface area contributed by atoms with Crippen LogP contribution in [0.4, 0.5) is 4.79 Å². The van der Waals surface area contributed by atoms with Gasteiger partial charge in [0.05, 0.1) is 6.54 Å². The zero-order chi connectivity index (χ0) is 17.5. The van der Waals surface area contributed by atoms with Crippen LogP contribution in [-0.2, 0) is 9.53 Å². The Morgan fingerprint density at radius 3 is 2.54 bits per heavy atom. The van der Waals surface area contributed by atoms with Gasteiger partial charge >= 0.3 is 12.0 Å². The predicted molar refractivity (Wildman–Crippen MR) is 91.0 cm³/mol. The lowest BCUT2D eigenvalue weighted by Crippen LogP contribution is -2.57. The summed E-state index contributed by atoms with van der Waals surface area (Å²) in [5, 5.41) is 14.9. The van der Waals surface area contributed by atoms with E-state index in [9.17, 15) is 9.59 Å². The highest BCUT2D eigenvalue weighted by Gasteiger charge is 2.34. The van der Waals surface area contributed by atoms with E-state index in [1.54, 1.807) is 0 Å². The lowest BCUT2D eigenvalue weighted by atomic mass is 9.85. The Kier molecular flexibility index (Phi) is 7.30. The predicted octanol–water partition coefficient (Wildman–Crippen LogP) is 1.43. The second-order valence-corrected chi connectivity index (χ2v) is 7.09. The summed E-state index contributed by atoms with van der Waals surface area (Å²) in [4.78, 5) is 24.8. The molecule has 7 heteroatoms. The minimum atomic E-state index is -0.798. The summed E-state index contributed by atoms with van der Waals surface area (Å²) in [6.07, 6.45) is 4.79. The highest BCUT2D eigenvalue weighted by molar-refractivity contribution is 5.74. The van der Waals surface area contributed by atoms with Crippen LogP contribution in [0.2, 0.25) is 0 Å². The van der Waals surface area contributed by atoms with Crippen molar-refractivity contribution in [3.63, 3.8) is 0 Å². The molecular weight excluding hydrogens is 310 g/mol. The van der Waals surface area contributed by atoms with Gasteiger partial charge in [0.25, 0.3) is 0 Å². The lowest BCUT2D eigenvalue weighted by Gasteiger charge is -2.42. The highest BCUT2D eigenvalue weighted by Crippen LogP contribution is 2.25. The van der Waals surface area contributed by atoms with E-state index in [0.717, 1.165) is 51.9 Å². The van der Waals surface area contributed by atoms with Crippen LogP contribution in [0, 0.1) is 5.92 Å². The molecule has 1 aliphatic heterocycles. The van der Waals surface area contributed by atoms with Crippen LogP contribution in [0.3, 0.4) is 0 Å². The molecule has 0 bridgehead atoms. The van der Waals surface area contributed by atoms with Gasteiger partial charge in [-0.25, -0.2) is 4.79 Å². The zero-order valence-corrected chi connectivity index (χ0v) is 14.8. The van der Waals surface area contributed by atoms with E-state index in [4.69, 9.17) is 9.84 Å². The van der Waals surface area contributed by atoms with E-state index in [2.05, 4.69) is 10.6 Å². The summed E-state index contributed by atoms with van der Waals surface area (Å²) in [5.74, 6) is -0.163. The van der Waals surface area contributed by atoms with Crippen molar-refractivity contribution in [2.24, 2.45) is 5.92 Å². The van der Waals surface area contributed by atoms with Crippen LogP contribution >= 0.6 is 0 Å². The Hall–Kier alpha value is -1.34. The first-order valence-electron chi connectivity index (χ1n) is 9.08. The van der Waals surface area contributed by atoms with Gasteiger partial charge in [0.15, 0.2) is 0 Å². The molecule has 2 aliphatic rings. The van der Waals surface area contributed by atoms with Crippen molar-refractivity contribution in [3.8, 4) is 0 Å². The number of hydrogen-bond donors (Lipinski definition) is 3. The number of carbonyl (C=O) groups excluding carboxylic acids is 1. The minimum Gasteiger partial charge on any atom is -0.480 e. The number of likely N-dealkylation sites (N-methyl/N-ethyl adjacent to an activating group) is 1. The largest absolute Gasteiger partial charge is 0.480 e. The number of aliphatic carboxylic acids is 1. The third kappa shape index (κ3) is 5.94. The first-order chi connectivity index (χ1) is 11.5. The SMILES string of the molecule is CCN(CC(=O)O)C1CC(NC(=O)NC(C)CC2CCOCC2)C1. The van der Waals surface area contributed by atoms with Crippen molar-refractivity contribution >= 4 is 12.0 Å². The van der Waals surface area contributed by atoms with Gasteiger partial charge in [-0.1, -0.05) is 6.92 Å². The Morgan fingerprint density at radius 1 is 1.29 bits per heavy atom. The number of nitrogens with one attached hydrogen (secondary N) is 2. The summed E-state index contributed by atoms with van der Waals surface area (Å²) in [6, 6.07) is 0.451. The number of carboxylic acids is 1. The van der Waals surface area contributed by atoms with Crippen LogP contribution in [0.1, 0.15) is 46.0 Å². The van der Waals surface area contributed by atoms with Crippen LogP contribution in [0.25, 0.3) is 0 Å². The van der Waals surface area contributed by atoms with Crippen molar-refractivity contribution in [1.82, 2.24) is 15.5 Å². The number of carbonyl (C=O) groups is 2. The molecule has 2 fully saturated rings. The Labute approximate surface area is 144 Å². The molecule has 7 nitrogen and oxygen atoms in total. The quantitative estimate of drug-likeness (QED) is 0.621. The van der Waals surface area contributed by atoms with E-state index in [1.165, 1.54) is 0 Å². The van der Waals surface area contributed by atoms with Gasteiger partial charge in [-0.05, 0) is 51.5 Å². The smallest absolute Gasteiger partial charge is 0.317 e. The summed E-state index contributed by atoms with van der Waals surface area (Å²) in [6.45, 7) is 6.47. The first kappa shape index (κ1) is 19.0. The van der Waals surface area contributed by atoms with Gasteiger partial charge in [0, 0.05) is 31.3 Å². The molecule has 138 valence electrons. The van der Waals surface area contributed by atoms with Crippen LogP contribution < -0.4 is 10.6 Å². The molecule has 1 atom stereocenters. The average molecular weight is 341 g/mol. The van der Waals surface area contributed by atoms with Crippen molar-refractivity contribution in [1.29, 1.82) is 0 Å². The van der Waals surface area contributed by atoms with Crippen molar-refractivity contribution < 1.29 is 19.4 Å². The summed E-state index contributed by atoms with van der Waals surface area (Å²) in [7, 11) is 0. The molecule has 1 unspecified atom stereocenters. The molecule has 1 saturated carbocycles. The van der Waals surface area contributed by atoms with Gasteiger partial charge < -0.3 is 20.5 Å². The highest BCUT2D eigenvalue weighted by atomic mass is 16.5. The van der Waals surface area contributed by atoms with E-state index >= 15 is 0 Å². The number of hydrogen-bond acceptors (Lipinski definition) is 4. The maximum Gasteiger partial charge on any atom is 0.317 e. The normalized spacial score (nSPS) is 25.8. The second-order valence-electron chi connectivity index (χ2n) is 7.09. The van der Waals surface area contributed by atoms with Crippen molar-refractivity contribution in [2.45, 2.75) is 64.1 Å². The first-order valence-corrected chi connectivity index (χ1v) is 9.08. The molecular formula is C17H31N3O4. The third-order valence-corrected chi connectivity index (χ3v) is 5.11. The molecule has 1 aliphatic carbocycles. The molecule has 0 spiro atoms. The number of nitrogens with zero attached hydrogens (tertiary/aromatic N) is 1. The molecule has 3 N–H and O–H groups in total. The summed E-state index contributed by atoms with van der Waals surface area (Å²) in [5.41, 5.74) is 0. The van der Waals surface area contributed by atoms with Crippen molar-refractivity contribution in [3.05, 3.63) is 0 Å². The van der Waals surface area contributed by atoms with Crippen LogP contribution in [0.15, 0.2) is 0 Å². The molecule has 0 aromatic heterocycles. The van der Waals surface area contributed by atoms with Gasteiger partial charge in [-0.15, -0.1) is 0 Å². The molecule has 0 radical (unpaired) electrons. The van der Waals surface area contributed by atoms with Gasteiger partial charge in [-0.2, -0.15) is 0 Å². The van der Waals surface area contributed by atoms with E-state index in [-0.39, 0.29) is 30.7 Å². The maximum absolute atomic E-state index is 12.1. The van der Waals surface area contributed by atoms with Gasteiger partial charge in [0.2, 0.25) is 0 Å². The topological polar surface area (TPSA) is 90.9 Å². The van der Waals surface area contributed by atoms with E-state index < -0.39 is 5.97 Å². The number of carboxylic acid groups (broad SMARTS) is 1. The van der Waals surface area contributed by atoms with Gasteiger partial charge in [0.1, 0.15) is 0 Å². The van der Waals surface area contributed by atoms with Crippen molar-refractivity contribution in [2.75, 3.05) is 26.3 Å². The second kappa shape index (κ2) is 9.22. The maximum atomic E-state index is 12.1. The molecule has 1 heterocycles. The number of rotatable bonds is 8. The van der Waals surface area contributed by atoms with Gasteiger partial charge in [-0.3, -0.25) is 9.69 Å². The summed E-state index contributed by atoms with van der Waals surface area (Å²) >= 11 is 0. The van der Waals surface area contributed by atoms with E-state index in [1.807, 2.05) is 18.7 Å². The fourth-order valence-corrected chi connectivity index (χ4v) is 3.67. The third-order valence-electron chi connectivity index (χ3n) is 5.11. The Morgan fingerprint density at radius 2 is 1.96 bits per heavy atom. The van der Waals surface area contributed by atoms with Crippen LogP contribution in [0.5, 0.6) is 0 Å². The Balaban J connectivity index is 1.62. The number of amides is 2. The summed E-state index contributed by atoms with van der Waals surface area (Å²) < 4.78 is 5.36. The van der Waals surface area contributed by atoms with E-state index in [0.29, 0.717) is 5.92 Å². The Bertz CT molecular complexity index is 420. The zero-order valence-electron chi connectivity index (χ0n) is 14.8. The lowest BCUT2D eigenvalue weighted by molar-refractivity contribution is -0.139. The molecule has 0 aromatic rings. The molecule has 2 rings (SSSR count). The molecule has 1 saturated heterocycles. The fraction of sp³-hybridized carbons (Fsp3) is 0.882. The minimum absolute atomic E-state index is 0.0716. The molecule has 0 aromatic carbocycles. The average Bonchev–Trinajstić information content (AvgIpc) is 2.49. The number of urea groups is 1. The van der Waals surface area contributed by atoms with Crippen LogP contribution in [-0.4, -0.2) is 66.4 Å². The fourth-order valence-electron chi connectivity index (χ4n) is 3.67.